The summed E-state index contributed by atoms with van der Waals surface area (Å²) in [5, 5.41) is 7.32. The molecule has 2 aromatic carbocycles. The minimum absolute atomic E-state index is 0.0867. The van der Waals surface area contributed by atoms with Crippen molar-refractivity contribution in [2.45, 2.75) is 91.4 Å². The van der Waals surface area contributed by atoms with Crippen LogP contribution in [-0.2, 0) is 17.3 Å². The maximum atomic E-state index is 6.28. The first-order valence-corrected chi connectivity index (χ1v) is 13.0. The van der Waals surface area contributed by atoms with E-state index in [2.05, 4.69) is 95.5 Å². The molecule has 0 aliphatic rings. The fourth-order valence-electron chi connectivity index (χ4n) is 3.73. The zero-order valence-electron chi connectivity index (χ0n) is 21.8. The van der Waals surface area contributed by atoms with Gasteiger partial charge in [0.15, 0.2) is 5.11 Å². The number of rotatable bonds is 12. The number of para-hydroxylation sites is 1. The molecular weight excluding hydrogens is 424 g/mol. The van der Waals surface area contributed by atoms with Crippen molar-refractivity contribution in [1.29, 1.82) is 0 Å². The van der Waals surface area contributed by atoms with E-state index >= 15 is 0 Å². The van der Waals surface area contributed by atoms with Gasteiger partial charge in [0.05, 0.1) is 6.61 Å². The quantitative estimate of drug-likeness (QED) is 0.246. The molecule has 0 aliphatic carbocycles. The molecule has 0 unspecified atom stereocenters. The van der Waals surface area contributed by atoms with Crippen molar-refractivity contribution in [3.63, 3.8) is 0 Å². The molecule has 0 aliphatic heterocycles. The normalized spacial score (nSPS) is 11.8. The molecular formula is C29H44N2OS. The topological polar surface area (TPSA) is 33.3 Å². The number of hydrogen-bond donors (Lipinski definition) is 2. The van der Waals surface area contributed by atoms with Gasteiger partial charge < -0.3 is 15.4 Å². The predicted molar refractivity (Wildman–Crippen MR) is 148 cm³/mol. The summed E-state index contributed by atoms with van der Waals surface area (Å²) in [5.74, 6) is 1.03. The van der Waals surface area contributed by atoms with Crippen LogP contribution in [-0.4, -0.2) is 18.3 Å². The van der Waals surface area contributed by atoms with E-state index in [1.54, 1.807) is 0 Å². The Bertz CT molecular complexity index is 904. The molecule has 0 saturated heterocycles. The van der Waals surface area contributed by atoms with Gasteiger partial charge in [0.1, 0.15) is 5.75 Å². The van der Waals surface area contributed by atoms with Crippen molar-refractivity contribution in [3.8, 4) is 5.75 Å². The lowest BCUT2D eigenvalue weighted by Crippen LogP contribution is -2.29. The number of aryl methyl sites for hydroxylation is 1. The van der Waals surface area contributed by atoms with E-state index in [9.17, 15) is 0 Å². The lowest BCUT2D eigenvalue weighted by atomic mass is 9.76. The molecule has 2 N–H and O–H groups in total. The fraction of sp³-hybridized carbons (Fsp3) is 0.552. The molecule has 0 spiro atoms. The van der Waals surface area contributed by atoms with Crippen molar-refractivity contribution < 1.29 is 4.74 Å². The second-order valence-electron chi connectivity index (χ2n) is 10.1. The number of thiocarbonyl (C=S) groups is 1. The average Bonchev–Trinajstić information content (AvgIpc) is 2.81. The van der Waals surface area contributed by atoms with Crippen LogP contribution < -0.4 is 15.4 Å². The number of nitrogens with one attached hydrogen (secondary N) is 2. The van der Waals surface area contributed by atoms with Crippen LogP contribution in [0.3, 0.4) is 0 Å². The van der Waals surface area contributed by atoms with Crippen LogP contribution in [0.5, 0.6) is 5.75 Å². The lowest BCUT2D eigenvalue weighted by molar-refractivity contribution is 0.296. The van der Waals surface area contributed by atoms with Crippen molar-refractivity contribution in [2.75, 3.05) is 18.5 Å². The summed E-state index contributed by atoms with van der Waals surface area (Å²) in [6, 6.07) is 15.1. The number of benzene rings is 2. The molecule has 0 radical (unpaired) electrons. The maximum absolute atomic E-state index is 6.28. The smallest absolute Gasteiger partial charge is 0.170 e. The molecule has 0 fully saturated rings. The third-order valence-corrected chi connectivity index (χ3v) is 7.27. The molecule has 2 rings (SSSR count). The summed E-state index contributed by atoms with van der Waals surface area (Å²) in [7, 11) is 0. The minimum Gasteiger partial charge on any atom is -0.493 e. The van der Waals surface area contributed by atoms with Crippen molar-refractivity contribution in [3.05, 3.63) is 59.2 Å². The van der Waals surface area contributed by atoms with Crippen LogP contribution in [0.1, 0.15) is 90.8 Å². The predicted octanol–water partition coefficient (Wildman–Crippen LogP) is 7.77. The van der Waals surface area contributed by atoms with E-state index < -0.39 is 0 Å². The number of anilines is 1. The molecule has 182 valence electrons. The van der Waals surface area contributed by atoms with Crippen LogP contribution >= 0.6 is 12.2 Å². The number of hydrogen-bond acceptors (Lipinski definition) is 2. The Morgan fingerprint density at radius 3 is 2.27 bits per heavy atom. The third kappa shape index (κ3) is 7.74. The third-order valence-electron chi connectivity index (χ3n) is 7.02. The van der Waals surface area contributed by atoms with Crippen molar-refractivity contribution >= 4 is 23.0 Å². The zero-order valence-corrected chi connectivity index (χ0v) is 22.6. The van der Waals surface area contributed by atoms with Crippen LogP contribution in [0.4, 0.5) is 5.69 Å². The minimum atomic E-state index is 0.0867. The highest BCUT2D eigenvalue weighted by Crippen LogP contribution is 2.38. The molecule has 0 atom stereocenters. The van der Waals surface area contributed by atoms with Gasteiger partial charge in [-0.05, 0) is 78.4 Å². The van der Waals surface area contributed by atoms with Crippen molar-refractivity contribution in [2.24, 2.45) is 0 Å². The van der Waals surface area contributed by atoms with Gasteiger partial charge in [-0.3, -0.25) is 0 Å². The fourth-order valence-corrected chi connectivity index (χ4v) is 3.94. The van der Waals surface area contributed by atoms with E-state index in [1.807, 2.05) is 6.07 Å². The Labute approximate surface area is 207 Å². The van der Waals surface area contributed by atoms with E-state index in [-0.39, 0.29) is 10.8 Å². The summed E-state index contributed by atoms with van der Waals surface area (Å²) in [6.45, 7) is 17.5. The Hall–Kier alpha value is -2.07. The average molecular weight is 469 g/mol. The van der Waals surface area contributed by atoms with Gasteiger partial charge in [0.2, 0.25) is 0 Å². The molecule has 0 bridgehead atoms. The van der Waals surface area contributed by atoms with E-state index in [0.717, 1.165) is 50.1 Å². The Kier molecular flexibility index (Phi) is 10.2. The molecule has 2 aromatic rings. The molecule has 0 heterocycles. The van der Waals surface area contributed by atoms with Crippen LogP contribution in [0.2, 0.25) is 0 Å². The summed E-state index contributed by atoms with van der Waals surface area (Å²) >= 11 is 5.47. The standard InChI is InChI=1S/C29H44N2OS/c1-8-22-15-11-12-16-25(22)31-27(33)30-19-13-14-20-32-26-18-17-23(28(4,5)9-2)21-24(26)29(6,7)10-3/h11-12,15-18,21H,8-10,13-14,19-20H2,1-7H3,(H2,30,31,33). The second-order valence-corrected chi connectivity index (χ2v) is 10.5. The largest absolute Gasteiger partial charge is 0.493 e. The first-order chi connectivity index (χ1) is 15.6. The van der Waals surface area contributed by atoms with Crippen LogP contribution in [0.25, 0.3) is 0 Å². The Morgan fingerprint density at radius 1 is 0.909 bits per heavy atom. The maximum Gasteiger partial charge on any atom is 0.170 e. The van der Waals surface area contributed by atoms with Gasteiger partial charge in [-0.2, -0.15) is 0 Å². The Morgan fingerprint density at radius 2 is 1.61 bits per heavy atom. The second kappa shape index (κ2) is 12.4. The van der Waals surface area contributed by atoms with Crippen LogP contribution in [0.15, 0.2) is 42.5 Å². The highest BCUT2D eigenvalue weighted by molar-refractivity contribution is 7.80. The SMILES string of the molecule is CCc1ccccc1NC(=S)NCCCCOc1ccc(C(C)(C)CC)cc1C(C)(C)CC. The molecule has 4 heteroatoms. The highest BCUT2D eigenvalue weighted by Gasteiger charge is 2.26. The highest BCUT2D eigenvalue weighted by atomic mass is 32.1. The lowest BCUT2D eigenvalue weighted by Gasteiger charge is -2.30. The molecule has 3 nitrogen and oxygen atoms in total. The summed E-state index contributed by atoms with van der Waals surface area (Å²) in [5.41, 5.74) is 5.33. The summed E-state index contributed by atoms with van der Waals surface area (Å²) in [4.78, 5) is 0. The van der Waals surface area contributed by atoms with Gasteiger partial charge in [0.25, 0.3) is 0 Å². The van der Waals surface area contributed by atoms with E-state index in [0.29, 0.717) is 11.7 Å². The van der Waals surface area contributed by atoms with E-state index in [1.165, 1.54) is 16.7 Å². The van der Waals surface area contributed by atoms with E-state index in [4.69, 9.17) is 17.0 Å². The van der Waals surface area contributed by atoms with Gasteiger partial charge >= 0.3 is 0 Å². The molecule has 0 saturated carbocycles. The Balaban J connectivity index is 1.87. The first kappa shape index (κ1) is 27.2. The monoisotopic (exact) mass is 468 g/mol. The zero-order chi connectivity index (χ0) is 24.5. The van der Waals surface area contributed by atoms with Gasteiger partial charge in [0, 0.05) is 17.8 Å². The summed E-state index contributed by atoms with van der Waals surface area (Å²) < 4.78 is 6.28. The molecule has 0 amide bonds. The van der Waals surface area contributed by atoms with Crippen LogP contribution in [0, 0.1) is 0 Å². The first-order valence-electron chi connectivity index (χ1n) is 12.5. The van der Waals surface area contributed by atoms with Gasteiger partial charge in [-0.15, -0.1) is 0 Å². The molecule has 33 heavy (non-hydrogen) atoms. The molecule has 0 aromatic heterocycles. The van der Waals surface area contributed by atoms with Crippen molar-refractivity contribution in [1.82, 2.24) is 5.32 Å². The number of ether oxygens (including phenoxy) is 1. The van der Waals surface area contributed by atoms with Gasteiger partial charge in [-0.1, -0.05) is 78.8 Å². The van der Waals surface area contributed by atoms with Gasteiger partial charge in [-0.25, -0.2) is 0 Å². The summed E-state index contributed by atoms with van der Waals surface area (Å²) in [6.07, 6.45) is 5.17. The number of unbranched alkanes of at least 4 members (excludes halogenated alkanes) is 1.